The molecule has 2 aliphatic carbocycles. The first-order valence-corrected chi connectivity index (χ1v) is 23.6. The molecule has 2 fully saturated rings. The monoisotopic (exact) mass is 650 g/mol. The van der Waals surface area contributed by atoms with Crippen LogP contribution in [0.3, 0.4) is 0 Å². The second-order valence-electron chi connectivity index (χ2n) is 12.5. The summed E-state index contributed by atoms with van der Waals surface area (Å²) in [6, 6.07) is 0. The van der Waals surface area contributed by atoms with Crippen LogP contribution in [0.25, 0.3) is 0 Å². The second-order valence-corrected chi connectivity index (χ2v) is 24.8. The van der Waals surface area contributed by atoms with Gasteiger partial charge in [-0.15, -0.1) is 0 Å². The molecular formula is C34H58O4Sn. The molecule has 2 aliphatic rings. The molecule has 0 aromatic carbocycles. The molecule has 0 saturated heterocycles. The number of aliphatic hydroxyl groups is 2. The number of methoxy groups -OCH3 is 1. The van der Waals surface area contributed by atoms with Gasteiger partial charge in [-0.3, -0.25) is 4.79 Å². The second kappa shape index (κ2) is 18.6. The van der Waals surface area contributed by atoms with E-state index in [2.05, 4.69) is 49.7 Å². The molecule has 4 nitrogen and oxygen atoms in total. The van der Waals surface area contributed by atoms with Crippen LogP contribution in [0, 0.1) is 33.5 Å². The van der Waals surface area contributed by atoms with Gasteiger partial charge in [0.15, 0.2) is 0 Å². The summed E-state index contributed by atoms with van der Waals surface area (Å²) in [6.07, 6.45) is 19.2. The maximum atomic E-state index is 11.3. The van der Waals surface area contributed by atoms with Crippen molar-refractivity contribution in [2.24, 2.45) is 23.7 Å². The number of allylic oxidation sites excluding steroid dienone is 2. The number of fused-ring (bicyclic) bond motifs is 1. The number of carbonyl (C=O) groups excluding carboxylic acids is 1. The van der Waals surface area contributed by atoms with E-state index in [4.69, 9.17) is 4.74 Å². The summed E-state index contributed by atoms with van der Waals surface area (Å²) in [4.78, 5) is 11.3. The molecule has 222 valence electrons. The molecule has 1 unspecified atom stereocenters. The van der Waals surface area contributed by atoms with Crippen molar-refractivity contribution in [2.45, 2.75) is 137 Å². The molecule has 0 aliphatic heterocycles. The van der Waals surface area contributed by atoms with E-state index in [1.54, 1.807) is 0 Å². The molecule has 0 aromatic heterocycles. The first-order chi connectivity index (χ1) is 18.8. The Morgan fingerprint density at radius 2 is 1.72 bits per heavy atom. The molecule has 0 aromatic rings. The summed E-state index contributed by atoms with van der Waals surface area (Å²) in [5, 5.41) is 21.7. The van der Waals surface area contributed by atoms with Gasteiger partial charge in [0, 0.05) is 6.42 Å². The number of aliphatic hydroxyl groups excluding tert-OH is 2. The van der Waals surface area contributed by atoms with Gasteiger partial charge >= 0.3 is 209 Å². The van der Waals surface area contributed by atoms with Crippen LogP contribution < -0.4 is 0 Å². The van der Waals surface area contributed by atoms with Gasteiger partial charge in [0.25, 0.3) is 0 Å². The quantitative estimate of drug-likeness (QED) is 0.0551. The number of unbranched alkanes of at least 4 members (excludes halogenated alkanes) is 4. The molecule has 0 bridgehead atoms. The summed E-state index contributed by atoms with van der Waals surface area (Å²) in [5.74, 6) is 4.67. The third-order valence-corrected chi connectivity index (χ3v) is 22.5. The average Bonchev–Trinajstić information content (AvgIpc) is 3.45. The van der Waals surface area contributed by atoms with Gasteiger partial charge in [-0.25, -0.2) is 0 Å². The predicted octanol–water partition coefficient (Wildman–Crippen LogP) is 8.00. The summed E-state index contributed by atoms with van der Waals surface area (Å²) in [5.41, 5.74) is 1.47. The zero-order valence-electron chi connectivity index (χ0n) is 25.7. The fraction of sp³-hybridized carbons (Fsp3) is 0.794. The van der Waals surface area contributed by atoms with E-state index < -0.39 is 24.5 Å². The molecule has 0 amide bonds. The van der Waals surface area contributed by atoms with E-state index in [0.29, 0.717) is 18.3 Å². The number of carbonyl (C=O) groups is 1. The number of rotatable bonds is 17. The number of ether oxygens (including phenoxy) is 1. The van der Waals surface area contributed by atoms with Gasteiger partial charge in [0.2, 0.25) is 0 Å². The Morgan fingerprint density at radius 1 is 1.08 bits per heavy atom. The topological polar surface area (TPSA) is 66.8 Å². The van der Waals surface area contributed by atoms with Gasteiger partial charge in [0.1, 0.15) is 0 Å². The Morgan fingerprint density at radius 3 is 2.31 bits per heavy atom. The summed E-state index contributed by atoms with van der Waals surface area (Å²) in [7, 11) is 1.44. The molecule has 0 heterocycles. The molecule has 0 radical (unpaired) electrons. The van der Waals surface area contributed by atoms with E-state index in [0.717, 1.165) is 38.5 Å². The van der Waals surface area contributed by atoms with Crippen molar-refractivity contribution in [3.8, 4) is 9.86 Å². The van der Waals surface area contributed by atoms with Crippen LogP contribution in [0.15, 0.2) is 23.8 Å². The van der Waals surface area contributed by atoms with Crippen molar-refractivity contribution < 1.29 is 19.7 Å². The maximum absolute atomic E-state index is 11.3. The Balaban J connectivity index is 1.95. The van der Waals surface area contributed by atoms with Crippen molar-refractivity contribution in [2.75, 3.05) is 7.11 Å². The molecular weight excluding hydrogens is 591 g/mol. The van der Waals surface area contributed by atoms with Crippen LogP contribution in [-0.2, 0) is 9.53 Å². The van der Waals surface area contributed by atoms with Crippen LogP contribution >= 0.6 is 0 Å². The Bertz CT molecular complexity index is 816. The van der Waals surface area contributed by atoms with E-state index in [1.165, 1.54) is 64.5 Å². The summed E-state index contributed by atoms with van der Waals surface area (Å²) in [6.45, 7) is 9.01. The zero-order chi connectivity index (χ0) is 28.7. The van der Waals surface area contributed by atoms with Crippen LogP contribution in [0.5, 0.6) is 0 Å². The molecule has 5 heteroatoms. The van der Waals surface area contributed by atoms with Crippen LogP contribution in [-0.4, -0.2) is 53.9 Å². The van der Waals surface area contributed by atoms with Crippen LogP contribution in [0.1, 0.15) is 111 Å². The van der Waals surface area contributed by atoms with Gasteiger partial charge in [0.05, 0.1) is 7.11 Å². The molecule has 2 rings (SSSR count). The third kappa shape index (κ3) is 11.6. The predicted molar refractivity (Wildman–Crippen MR) is 166 cm³/mol. The van der Waals surface area contributed by atoms with Gasteiger partial charge in [-0.05, 0) is 12.8 Å². The van der Waals surface area contributed by atoms with Crippen molar-refractivity contribution in [1.29, 1.82) is 0 Å². The van der Waals surface area contributed by atoms with E-state index in [9.17, 15) is 15.0 Å². The number of hydrogen-bond acceptors (Lipinski definition) is 4. The van der Waals surface area contributed by atoms with Crippen LogP contribution in [0.4, 0.5) is 0 Å². The first kappa shape index (κ1) is 34.4. The fourth-order valence-corrected chi connectivity index (χ4v) is 20.0. The van der Waals surface area contributed by atoms with Gasteiger partial charge in [-0.1, -0.05) is 0 Å². The zero-order valence-corrected chi connectivity index (χ0v) is 28.6. The van der Waals surface area contributed by atoms with Crippen molar-refractivity contribution in [3.63, 3.8) is 0 Å². The molecule has 39 heavy (non-hydrogen) atoms. The SMILES string of the molecule is CCC[CH2][Sn]([C]#CCC(C)[C@H](O)/C=C/[C@@H]1[C@H]2C/C(=C/CCCC(=O)OC)C[C@H]2C[C@H]1O)([CH2]CCC)[CH2]CCC. The van der Waals surface area contributed by atoms with E-state index in [-0.39, 0.29) is 23.9 Å². The molecule has 0 spiro atoms. The minimum atomic E-state index is -2.45. The summed E-state index contributed by atoms with van der Waals surface area (Å²) < 4.78 is 12.9. The Kier molecular flexibility index (Phi) is 16.4. The first-order valence-electron chi connectivity index (χ1n) is 16.1. The molecule has 6 atom stereocenters. The van der Waals surface area contributed by atoms with E-state index in [1.807, 2.05) is 6.08 Å². The number of esters is 1. The molecule has 2 N–H and O–H groups in total. The van der Waals surface area contributed by atoms with Crippen LogP contribution in [0.2, 0.25) is 13.3 Å². The van der Waals surface area contributed by atoms with Crippen molar-refractivity contribution in [3.05, 3.63) is 23.8 Å². The van der Waals surface area contributed by atoms with Gasteiger partial charge in [-0.2, -0.15) is 0 Å². The van der Waals surface area contributed by atoms with Gasteiger partial charge < -0.3 is 4.74 Å². The van der Waals surface area contributed by atoms with Crippen molar-refractivity contribution in [1.82, 2.24) is 0 Å². The average molecular weight is 650 g/mol. The normalized spacial score (nSPS) is 25.5. The minimum absolute atomic E-state index is 0.101. The standard InChI is InChI=1S/C22H31O4.3C4H9.Sn/c1-4-7-15(2)20(23)11-10-18-19-13-16(12-17(19)14-21(18)24)8-5-6-9-22(25)26-3;3*1-3-4-2;/h8,10-11,15,17-21,23-24H,5-7,9,12-14H2,2-3H3;3*1,3-4H2,2H3;/b11-10+,16-8+;;;;/t15?,17-,18+,19-,20+,21+;;;;/m0..../s1. The third-order valence-electron chi connectivity index (χ3n) is 9.27. The summed E-state index contributed by atoms with van der Waals surface area (Å²) >= 11 is -2.45. The Hall–Kier alpha value is -0.771. The molecule has 2 saturated carbocycles. The van der Waals surface area contributed by atoms with E-state index >= 15 is 0 Å². The fourth-order valence-electron chi connectivity index (χ4n) is 6.65. The number of hydrogen-bond donors (Lipinski definition) is 2. The Labute approximate surface area is 244 Å². The van der Waals surface area contributed by atoms with Crippen molar-refractivity contribution >= 4 is 24.3 Å².